The Labute approximate surface area is 157 Å². The molecule has 0 aliphatic rings. The first-order valence-corrected chi connectivity index (χ1v) is 6.32. The minimum Gasteiger partial charge on any atom is -0.386 e. The molecule has 0 saturated heterocycles. The number of aliphatic hydroxyl groups is 6. The van der Waals surface area contributed by atoms with Gasteiger partial charge in [-0.2, -0.15) is 0 Å². The fourth-order valence-corrected chi connectivity index (χ4v) is 2.15. The van der Waals surface area contributed by atoms with Crippen LogP contribution in [0.25, 0.3) is 0 Å². The van der Waals surface area contributed by atoms with E-state index in [-0.39, 0.29) is 0 Å². The van der Waals surface area contributed by atoms with Gasteiger partial charge in [-0.3, -0.25) is 65.8 Å². The van der Waals surface area contributed by atoms with E-state index in [4.69, 9.17) is 5.11 Å². The Kier molecular flexibility index (Phi) is 6.28. The molecule has 0 spiro atoms. The molecule has 0 aromatic heterocycles. The summed E-state index contributed by atoms with van der Waals surface area (Å²) in [4.78, 5) is 48.9. The van der Waals surface area contributed by atoms with E-state index >= 15 is 0 Å². The van der Waals surface area contributed by atoms with E-state index in [1.807, 2.05) is 0 Å². The van der Waals surface area contributed by atoms with Crippen molar-refractivity contribution >= 4 is 0 Å². The molecule has 0 unspecified atom stereocenters. The quantitative estimate of drug-likeness (QED) is 0.0964. The molecule has 0 aromatic rings. The number of hydrogen-bond donors (Lipinski definition) is 6. The van der Waals surface area contributed by atoms with Gasteiger partial charge in [-0.05, 0) is 0 Å². The van der Waals surface area contributed by atoms with Crippen LogP contribution in [-0.2, 0) is 0 Å². The van der Waals surface area contributed by atoms with Crippen molar-refractivity contribution in [1.82, 2.24) is 0 Å². The van der Waals surface area contributed by atoms with Gasteiger partial charge in [0.1, 0.15) is 9.85 Å². The summed E-state index contributed by atoms with van der Waals surface area (Å²) in [5, 5.41) is 124. The van der Waals surface area contributed by atoms with Gasteiger partial charge < -0.3 is 25.5 Å². The van der Waals surface area contributed by atoms with Crippen molar-refractivity contribution in [3.8, 4) is 0 Å². The Bertz CT molecular complexity index is 814. The molecule has 0 bridgehead atoms. The minimum atomic E-state index is -6.38. The zero-order valence-electron chi connectivity index (χ0n) is 13.5. The minimum absolute atomic E-state index is 2.57. The Morgan fingerprint density at radius 2 is 0.800 bits per heavy atom. The maximum Gasteiger partial charge on any atom is 0.686 e. The topological polar surface area (TPSA) is 380 Å². The highest BCUT2D eigenvalue weighted by molar-refractivity contribution is 5.05. The first kappa shape index (κ1) is 26.2. The zero-order chi connectivity index (χ0) is 24.7. The van der Waals surface area contributed by atoms with Gasteiger partial charge in [-0.25, -0.2) is 0 Å². The van der Waals surface area contributed by atoms with Gasteiger partial charge in [0.15, 0.2) is 6.61 Å². The molecule has 0 fully saturated rings. The fraction of sp³-hybridized carbons (Fsp3) is 1.00. The van der Waals surface area contributed by atoms with Crippen molar-refractivity contribution in [2.75, 3.05) is 6.61 Å². The molecular formula is C6H8N6O18. The molecule has 0 aromatic carbocycles. The maximum absolute atomic E-state index is 11.3. The molecule has 170 valence electrons. The van der Waals surface area contributed by atoms with Gasteiger partial charge in [-0.15, -0.1) is 0 Å². The summed E-state index contributed by atoms with van der Waals surface area (Å²) in [6.45, 7) is -2.82. The highest BCUT2D eigenvalue weighted by Gasteiger charge is 3.08. The monoisotopic (exact) mass is 452 g/mol. The highest BCUT2D eigenvalue weighted by atomic mass is 16.8. The van der Waals surface area contributed by atoms with Crippen molar-refractivity contribution in [1.29, 1.82) is 0 Å². The van der Waals surface area contributed by atoms with E-state index in [1.165, 1.54) is 0 Å². The first-order chi connectivity index (χ1) is 13.2. The number of aliphatic hydroxyl groups excluding tert-OH is 1. The summed E-state index contributed by atoms with van der Waals surface area (Å²) < 4.78 is 0. The lowest BCUT2D eigenvalue weighted by molar-refractivity contribution is -0.958. The van der Waals surface area contributed by atoms with E-state index in [2.05, 4.69) is 0 Å². The molecule has 24 heteroatoms. The third-order valence-corrected chi connectivity index (χ3v) is 3.82. The third-order valence-electron chi connectivity index (χ3n) is 3.82. The highest BCUT2D eigenvalue weighted by Crippen LogP contribution is 2.46. The van der Waals surface area contributed by atoms with Crippen LogP contribution in [0.15, 0.2) is 0 Å². The number of nitro groups is 6. The smallest absolute Gasteiger partial charge is 0.386 e. The zero-order valence-corrected chi connectivity index (χ0v) is 13.5. The summed E-state index contributed by atoms with van der Waals surface area (Å²) in [6, 6.07) is 0. The van der Waals surface area contributed by atoms with Crippen molar-refractivity contribution < 1.29 is 60.2 Å². The summed E-state index contributed by atoms with van der Waals surface area (Å²) >= 11 is 0. The second-order valence-electron chi connectivity index (χ2n) is 5.17. The van der Waals surface area contributed by atoms with Gasteiger partial charge in [0.2, 0.25) is 0 Å². The Hall–Kier alpha value is -3.84. The van der Waals surface area contributed by atoms with E-state index in [1.54, 1.807) is 0 Å². The van der Waals surface area contributed by atoms with Crippen LogP contribution in [0.5, 0.6) is 0 Å². The predicted molar refractivity (Wildman–Crippen MR) is 73.8 cm³/mol. The average molecular weight is 452 g/mol. The summed E-state index contributed by atoms with van der Waals surface area (Å²) in [7, 11) is 0. The molecule has 0 aliphatic carbocycles. The van der Waals surface area contributed by atoms with Gasteiger partial charge in [0.05, 0.1) is 19.7 Å². The standard InChI is InChI=1S/C6H8N6O18/c13-1-2(14,7(19)20)3(15,8(21)22)4(16,9(23)24)5(17,10(25)26)6(18,11(27)28)12(29)30/h13-18H,1H2/t2-,3-,4+,5-/m1/s1. The van der Waals surface area contributed by atoms with E-state index in [0.29, 0.717) is 0 Å². The van der Waals surface area contributed by atoms with Crippen LogP contribution in [0.1, 0.15) is 0 Å². The lowest BCUT2D eigenvalue weighted by atomic mass is 9.79. The molecule has 0 amide bonds. The van der Waals surface area contributed by atoms with Crippen molar-refractivity contribution in [3.63, 3.8) is 0 Å². The van der Waals surface area contributed by atoms with Crippen LogP contribution in [0.4, 0.5) is 0 Å². The summed E-state index contributed by atoms with van der Waals surface area (Å²) in [6.07, 6.45) is 0. The molecular weight excluding hydrogens is 444 g/mol. The summed E-state index contributed by atoms with van der Waals surface area (Å²) in [5.41, 5.74) is -24.1. The van der Waals surface area contributed by atoms with Crippen LogP contribution in [-0.4, -0.2) is 95.5 Å². The Balaban J connectivity index is 8.09. The molecule has 0 heterocycles. The van der Waals surface area contributed by atoms with Crippen LogP contribution in [0.2, 0.25) is 0 Å². The van der Waals surface area contributed by atoms with Gasteiger partial charge >= 0.3 is 28.7 Å². The van der Waals surface area contributed by atoms with Gasteiger partial charge in [-0.1, -0.05) is 0 Å². The molecule has 4 atom stereocenters. The third kappa shape index (κ3) is 2.56. The van der Waals surface area contributed by atoms with Crippen molar-refractivity contribution in [3.05, 3.63) is 60.7 Å². The molecule has 30 heavy (non-hydrogen) atoms. The second kappa shape index (κ2) is 7.20. The van der Waals surface area contributed by atoms with Crippen LogP contribution < -0.4 is 0 Å². The fourth-order valence-electron chi connectivity index (χ4n) is 2.15. The van der Waals surface area contributed by atoms with E-state index in [0.717, 1.165) is 0 Å². The van der Waals surface area contributed by atoms with Crippen molar-refractivity contribution in [2.24, 2.45) is 0 Å². The lowest BCUT2D eigenvalue weighted by Gasteiger charge is -2.35. The number of hydrogen-bond acceptors (Lipinski definition) is 18. The first-order valence-electron chi connectivity index (χ1n) is 6.32. The number of nitrogens with zero attached hydrogens (tertiary/aromatic N) is 6. The molecule has 0 saturated carbocycles. The van der Waals surface area contributed by atoms with Gasteiger partial charge in [0, 0.05) is 0 Å². The van der Waals surface area contributed by atoms with Crippen LogP contribution in [0.3, 0.4) is 0 Å². The molecule has 24 nitrogen and oxygen atoms in total. The SMILES string of the molecule is O=[N+]([O-])C(O)([N+](=O)[O-])[C@@](O)([N+](=O)[O-])[C@](O)([N+](=O)[O-])[C@@](O)([N+](=O)[O-])[C@](O)(CO)[N+](=O)[O-]. The van der Waals surface area contributed by atoms with Crippen LogP contribution >= 0.6 is 0 Å². The Morgan fingerprint density at radius 3 is 0.967 bits per heavy atom. The average Bonchev–Trinajstić information content (AvgIpc) is 2.62. The number of rotatable bonds is 11. The van der Waals surface area contributed by atoms with E-state index in [9.17, 15) is 86.2 Å². The Morgan fingerprint density at radius 1 is 0.500 bits per heavy atom. The van der Waals surface area contributed by atoms with Crippen molar-refractivity contribution in [2.45, 2.75) is 28.7 Å². The maximum atomic E-state index is 11.3. The molecule has 0 radical (unpaired) electrons. The largest absolute Gasteiger partial charge is 0.686 e. The molecule has 0 rings (SSSR count). The molecule has 0 aliphatic heterocycles. The van der Waals surface area contributed by atoms with Crippen LogP contribution in [0, 0.1) is 60.7 Å². The van der Waals surface area contributed by atoms with E-state index < -0.39 is 64.9 Å². The molecule has 6 N–H and O–H groups in total. The summed E-state index contributed by atoms with van der Waals surface area (Å²) in [5.74, 6) is -6.03. The lowest BCUT2D eigenvalue weighted by Crippen LogP contribution is -2.90. The predicted octanol–water partition coefficient (Wildman–Crippen LogP) is -5.96. The second-order valence-corrected chi connectivity index (χ2v) is 5.17. The normalized spacial score (nSPS) is 19.8. The van der Waals surface area contributed by atoms with Gasteiger partial charge in [0.25, 0.3) is 0 Å².